The van der Waals surface area contributed by atoms with E-state index in [4.69, 9.17) is 4.74 Å². The molecule has 0 radical (unpaired) electrons. The van der Waals surface area contributed by atoms with Crippen LogP contribution in [0.5, 0.6) is 0 Å². The zero-order chi connectivity index (χ0) is 17.7. The second kappa shape index (κ2) is 8.24. The molecule has 1 aliphatic heterocycles. The molecule has 0 spiro atoms. The van der Waals surface area contributed by atoms with Gasteiger partial charge in [-0.1, -0.05) is 32.0 Å². The normalized spacial score (nSPS) is 19.3. The van der Waals surface area contributed by atoms with Crippen LogP contribution in [0.3, 0.4) is 0 Å². The van der Waals surface area contributed by atoms with Gasteiger partial charge in [-0.3, -0.25) is 4.79 Å². The number of esters is 1. The molecular formula is C18H25FN2O3. The standard InChI is InChI=1S/C18H25FN2O3/c1-12(2)10-21-9-8-13(11-21)17(22)20-16(18(23)24-3)14-6-4-5-7-15(14)19/h4-7,12-13,16H,8-11H2,1-3H3,(H,20,22)/t13-,16+/m1/s1. The third-order valence-corrected chi connectivity index (χ3v) is 4.21. The van der Waals surface area contributed by atoms with Crippen LogP contribution in [0.1, 0.15) is 31.9 Å². The van der Waals surface area contributed by atoms with Gasteiger partial charge in [-0.25, -0.2) is 9.18 Å². The molecule has 1 aromatic carbocycles. The van der Waals surface area contributed by atoms with Gasteiger partial charge < -0.3 is 15.0 Å². The van der Waals surface area contributed by atoms with Gasteiger partial charge in [-0.2, -0.15) is 0 Å². The van der Waals surface area contributed by atoms with Gasteiger partial charge in [0.05, 0.1) is 13.0 Å². The Kier molecular flexibility index (Phi) is 6.31. The van der Waals surface area contributed by atoms with Crippen molar-refractivity contribution < 1.29 is 18.7 Å². The Hall–Kier alpha value is -1.95. The fourth-order valence-electron chi connectivity index (χ4n) is 3.08. The molecule has 1 amide bonds. The first-order chi connectivity index (χ1) is 11.4. The first-order valence-electron chi connectivity index (χ1n) is 8.27. The lowest BCUT2D eigenvalue weighted by Gasteiger charge is -2.21. The lowest BCUT2D eigenvalue weighted by atomic mass is 10.0. The van der Waals surface area contributed by atoms with Crippen molar-refractivity contribution in [3.63, 3.8) is 0 Å². The zero-order valence-electron chi connectivity index (χ0n) is 14.4. The molecule has 1 fully saturated rings. The van der Waals surface area contributed by atoms with E-state index in [9.17, 15) is 14.0 Å². The maximum absolute atomic E-state index is 14.0. The lowest BCUT2D eigenvalue weighted by Crippen LogP contribution is -2.39. The van der Waals surface area contributed by atoms with Crippen molar-refractivity contribution in [2.24, 2.45) is 11.8 Å². The Balaban J connectivity index is 2.06. The molecule has 0 aliphatic carbocycles. The zero-order valence-corrected chi connectivity index (χ0v) is 14.4. The molecule has 1 heterocycles. The van der Waals surface area contributed by atoms with E-state index >= 15 is 0 Å². The Morgan fingerprint density at radius 2 is 2.08 bits per heavy atom. The van der Waals surface area contributed by atoms with E-state index in [2.05, 4.69) is 24.1 Å². The number of carbonyl (C=O) groups is 2. The highest BCUT2D eigenvalue weighted by Gasteiger charge is 2.33. The number of hydrogen-bond acceptors (Lipinski definition) is 4. The maximum atomic E-state index is 14.0. The number of rotatable bonds is 6. The number of nitrogens with zero attached hydrogens (tertiary/aromatic N) is 1. The maximum Gasteiger partial charge on any atom is 0.333 e. The molecule has 1 aromatic rings. The smallest absolute Gasteiger partial charge is 0.333 e. The Morgan fingerprint density at radius 3 is 2.71 bits per heavy atom. The summed E-state index contributed by atoms with van der Waals surface area (Å²) in [6, 6.07) is 4.78. The van der Waals surface area contributed by atoms with Crippen LogP contribution in [0.25, 0.3) is 0 Å². The minimum Gasteiger partial charge on any atom is -0.467 e. The predicted molar refractivity (Wildman–Crippen MR) is 88.7 cm³/mol. The van der Waals surface area contributed by atoms with Gasteiger partial charge in [0.2, 0.25) is 5.91 Å². The van der Waals surface area contributed by atoms with Crippen LogP contribution in [-0.2, 0) is 14.3 Å². The van der Waals surface area contributed by atoms with Gasteiger partial charge in [-0.15, -0.1) is 0 Å². The van der Waals surface area contributed by atoms with Crippen LogP contribution < -0.4 is 5.32 Å². The molecule has 0 bridgehead atoms. The SMILES string of the molecule is COC(=O)[C@@H](NC(=O)[C@@H]1CCN(CC(C)C)C1)c1ccccc1F. The van der Waals surface area contributed by atoms with E-state index in [0.717, 1.165) is 19.5 Å². The summed E-state index contributed by atoms with van der Waals surface area (Å²) in [6.45, 7) is 6.74. The highest BCUT2D eigenvalue weighted by molar-refractivity contribution is 5.87. The number of ether oxygens (including phenoxy) is 1. The highest BCUT2D eigenvalue weighted by Crippen LogP contribution is 2.22. The second-order valence-electron chi connectivity index (χ2n) is 6.63. The van der Waals surface area contributed by atoms with E-state index in [1.165, 1.54) is 25.3 Å². The molecule has 2 atom stereocenters. The third kappa shape index (κ3) is 4.54. The van der Waals surface area contributed by atoms with Crippen molar-refractivity contribution in [2.45, 2.75) is 26.3 Å². The van der Waals surface area contributed by atoms with Gasteiger partial charge in [-0.05, 0) is 24.9 Å². The summed E-state index contributed by atoms with van der Waals surface area (Å²) in [4.78, 5) is 26.8. The van der Waals surface area contributed by atoms with E-state index < -0.39 is 17.8 Å². The summed E-state index contributed by atoms with van der Waals surface area (Å²) in [7, 11) is 1.22. The number of benzene rings is 1. The molecule has 0 aromatic heterocycles. The Morgan fingerprint density at radius 1 is 1.38 bits per heavy atom. The topological polar surface area (TPSA) is 58.6 Å². The summed E-state index contributed by atoms with van der Waals surface area (Å²) >= 11 is 0. The molecule has 5 nitrogen and oxygen atoms in total. The summed E-state index contributed by atoms with van der Waals surface area (Å²) in [5.41, 5.74) is 0.120. The molecule has 0 unspecified atom stereocenters. The molecule has 1 saturated heterocycles. The number of nitrogens with one attached hydrogen (secondary N) is 1. The number of carbonyl (C=O) groups excluding carboxylic acids is 2. The lowest BCUT2D eigenvalue weighted by molar-refractivity contribution is -0.145. The summed E-state index contributed by atoms with van der Waals surface area (Å²) in [5, 5.41) is 2.66. The van der Waals surface area contributed by atoms with E-state index in [1.807, 2.05) is 0 Å². The van der Waals surface area contributed by atoms with Crippen molar-refractivity contribution in [3.05, 3.63) is 35.6 Å². The van der Waals surface area contributed by atoms with Gasteiger partial charge in [0.15, 0.2) is 6.04 Å². The summed E-state index contributed by atoms with van der Waals surface area (Å²) in [5.74, 6) is -1.11. The second-order valence-corrected chi connectivity index (χ2v) is 6.63. The number of methoxy groups -OCH3 is 1. The minimum atomic E-state index is -1.12. The third-order valence-electron chi connectivity index (χ3n) is 4.21. The minimum absolute atomic E-state index is 0.120. The van der Waals surface area contributed by atoms with Crippen molar-refractivity contribution in [1.82, 2.24) is 10.2 Å². The van der Waals surface area contributed by atoms with Gasteiger partial charge in [0.25, 0.3) is 0 Å². The van der Waals surface area contributed by atoms with Crippen LogP contribution in [0.15, 0.2) is 24.3 Å². The predicted octanol–water partition coefficient (Wildman–Crippen LogP) is 2.13. The molecule has 1 aliphatic rings. The van der Waals surface area contributed by atoms with Crippen molar-refractivity contribution in [3.8, 4) is 0 Å². The fourth-order valence-corrected chi connectivity index (χ4v) is 3.08. The Bertz CT molecular complexity index is 591. The highest BCUT2D eigenvalue weighted by atomic mass is 19.1. The Labute approximate surface area is 142 Å². The van der Waals surface area contributed by atoms with Crippen LogP contribution >= 0.6 is 0 Å². The van der Waals surface area contributed by atoms with E-state index in [-0.39, 0.29) is 17.4 Å². The molecular weight excluding hydrogens is 311 g/mol. The number of amides is 1. The van der Waals surface area contributed by atoms with Gasteiger partial charge >= 0.3 is 5.97 Å². The number of halogens is 1. The van der Waals surface area contributed by atoms with Crippen molar-refractivity contribution >= 4 is 11.9 Å². The number of hydrogen-bond donors (Lipinski definition) is 1. The van der Waals surface area contributed by atoms with E-state index in [1.54, 1.807) is 6.07 Å². The monoisotopic (exact) mass is 336 g/mol. The van der Waals surface area contributed by atoms with Gasteiger partial charge in [0, 0.05) is 18.7 Å². The molecule has 1 N–H and O–H groups in total. The molecule has 2 rings (SSSR count). The summed E-state index contributed by atoms with van der Waals surface area (Å²) in [6.07, 6.45) is 0.740. The molecule has 24 heavy (non-hydrogen) atoms. The average molecular weight is 336 g/mol. The van der Waals surface area contributed by atoms with Crippen molar-refractivity contribution in [1.29, 1.82) is 0 Å². The van der Waals surface area contributed by atoms with E-state index in [0.29, 0.717) is 12.5 Å². The first-order valence-corrected chi connectivity index (χ1v) is 8.27. The first kappa shape index (κ1) is 18.4. The summed E-state index contributed by atoms with van der Waals surface area (Å²) < 4.78 is 18.7. The molecule has 6 heteroatoms. The van der Waals surface area contributed by atoms with Crippen molar-refractivity contribution in [2.75, 3.05) is 26.7 Å². The van der Waals surface area contributed by atoms with Crippen LogP contribution in [-0.4, -0.2) is 43.5 Å². The number of likely N-dealkylation sites (tertiary alicyclic amines) is 1. The largest absolute Gasteiger partial charge is 0.467 e. The fraction of sp³-hybridized carbons (Fsp3) is 0.556. The molecule has 132 valence electrons. The van der Waals surface area contributed by atoms with Crippen LogP contribution in [0.4, 0.5) is 4.39 Å². The van der Waals surface area contributed by atoms with Gasteiger partial charge in [0.1, 0.15) is 5.82 Å². The quantitative estimate of drug-likeness (QED) is 0.809. The average Bonchev–Trinajstić information content (AvgIpc) is 3.00. The van der Waals surface area contributed by atoms with Crippen LogP contribution in [0, 0.1) is 17.7 Å². The van der Waals surface area contributed by atoms with Crippen LogP contribution in [0.2, 0.25) is 0 Å². The molecule has 0 saturated carbocycles.